The van der Waals surface area contributed by atoms with Crippen LogP contribution in [-0.2, 0) is 42.7 Å². The first-order valence-electron chi connectivity index (χ1n) is 22.6. The molecule has 348 valence electrons. The van der Waals surface area contributed by atoms with Gasteiger partial charge >= 0.3 is 11.9 Å². The number of esters is 2. The summed E-state index contributed by atoms with van der Waals surface area (Å²) in [7, 11) is 0. The summed E-state index contributed by atoms with van der Waals surface area (Å²) in [5.74, 6) is -1.62. The molecule has 3 saturated heterocycles. The molecule has 7 N–H and O–H groups in total. The SMILES string of the molecule is CC(=O)O[C@H]1[C@H](OC2CC[C@]34CC35CC[C@]3(C)[C@@H]([C@@]6(C)CC[C@@H](C(C)(C)O)O6)[C@H](O)C[C@@]3(C)C5C[C@@H](O[C@@H]3O[C@H](CO)[C@@H](O)[C@H](O)[C@H]3O)C4C2(C)C)OC[C@@H](OC(C)=O)[C@@H]1O. The monoisotopic (exact) mass is 868 g/mol. The summed E-state index contributed by atoms with van der Waals surface area (Å²) in [6.07, 6.45) is -7.81. The van der Waals surface area contributed by atoms with Crippen molar-refractivity contribution in [2.24, 2.45) is 44.8 Å². The van der Waals surface area contributed by atoms with E-state index in [9.17, 15) is 45.3 Å². The minimum atomic E-state index is -1.63. The second-order valence-corrected chi connectivity index (χ2v) is 22.2. The van der Waals surface area contributed by atoms with Gasteiger partial charge in [0.1, 0.15) is 30.5 Å². The highest BCUT2D eigenvalue weighted by molar-refractivity contribution is 5.67. The Labute approximate surface area is 358 Å². The predicted octanol–water partition coefficient (Wildman–Crippen LogP) is 1.87. The first kappa shape index (κ1) is 46.0. The molecule has 0 aromatic heterocycles. The van der Waals surface area contributed by atoms with Gasteiger partial charge in [0.05, 0.1) is 48.8 Å². The summed E-state index contributed by atoms with van der Waals surface area (Å²) in [6, 6.07) is 0. The lowest BCUT2D eigenvalue weighted by molar-refractivity contribution is -0.339. The average Bonchev–Trinajstić information content (AvgIpc) is 3.52. The smallest absolute Gasteiger partial charge is 0.303 e. The van der Waals surface area contributed by atoms with Crippen molar-refractivity contribution in [1.29, 1.82) is 0 Å². The van der Waals surface area contributed by atoms with E-state index in [1.54, 1.807) is 13.8 Å². The lowest BCUT2D eigenvalue weighted by Gasteiger charge is -2.65. The van der Waals surface area contributed by atoms with Gasteiger partial charge in [0.2, 0.25) is 0 Å². The highest BCUT2D eigenvalue weighted by Gasteiger charge is 2.85. The molecule has 0 aromatic rings. The Kier molecular flexibility index (Phi) is 11.5. The van der Waals surface area contributed by atoms with Gasteiger partial charge in [-0.15, -0.1) is 0 Å². The van der Waals surface area contributed by atoms with Gasteiger partial charge in [-0.05, 0) is 117 Å². The highest BCUT2D eigenvalue weighted by atomic mass is 16.7. The molecular weight excluding hydrogens is 796 g/mol. The topological polar surface area (TPSA) is 240 Å². The minimum Gasteiger partial charge on any atom is -0.457 e. The quantitative estimate of drug-likeness (QED) is 0.129. The van der Waals surface area contributed by atoms with Gasteiger partial charge in [-0.25, -0.2) is 0 Å². The van der Waals surface area contributed by atoms with Gasteiger partial charge in [0.25, 0.3) is 0 Å². The van der Waals surface area contributed by atoms with Gasteiger partial charge < -0.3 is 68.9 Å². The lowest BCUT2D eigenvalue weighted by atomic mass is 9.41. The molecule has 5 aliphatic carbocycles. The van der Waals surface area contributed by atoms with Crippen molar-refractivity contribution < 1.29 is 78.5 Å². The second-order valence-electron chi connectivity index (χ2n) is 22.2. The number of rotatable bonds is 9. The number of carbonyl (C=O) groups excluding carboxylic acids is 2. The summed E-state index contributed by atoms with van der Waals surface area (Å²) in [4.78, 5) is 24.1. The molecule has 8 aliphatic rings. The van der Waals surface area contributed by atoms with Crippen LogP contribution < -0.4 is 0 Å². The molecule has 0 radical (unpaired) electrons. The fraction of sp³-hybridized carbons (Fsp3) is 0.956. The Morgan fingerprint density at radius 3 is 2.07 bits per heavy atom. The van der Waals surface area contributed by atoms with Gasteiger partial charge in [-0.1, -0.05) is 27.7 Å². The van der Waals surface area contributed by atoms with E-state index in [0.29, 0.717) is 25.7 Å². The van der Waals surface area contributed by atoms with E-state index in [-0.39, 0.29) is 52.1 Å². The van der Waals surface area contributed by atoms with Crippen LogP contribution in [0.15, 0.2) is 0 Å². The molecule has 0 amide bonds. The Morgan fingerprint density at radius 1 is 0.754 bits per heavy atom. The fourth-order valence-corrected chi connectivity index (χ4v) is 15.5. The van der Waals surface area contributed by atoms with Gasteiger partial charge in [-0.3, -0.25) is 9.59 Å². The van der Waals surface area contributed by atoms with Crippen LogP contribution in [0.3, 0.4) is 0 Å². The molecule has 5 saturated carbocycles. The third-order valence-electron chi connectivity index (χ3n) is 18.2. The molecule has 0 bridgehead atoms. The molecule has 21 atom stereocenters. The van der Waals surface area contributed by atoms with Crippen LogP contribution in [-0.4, -0.2) is 152 Å². The van der Waals surface area contributed by atoms with E-state index in [4.69, 9.17) is 33.2 Å². The van der Waals surface area contributed by atoms with E-state index in [1.165, 1.54) is 13.8 Å². The minimum absolute atomic E-state index is 0.0660. The maximum atomic E-state index is 12.3. The van der Waals surface area contributed by atoms with Crippen LogP contribution in [0, 0.1) is 44.8 Å². The van der Waals surface area contributed by atoms with E-state index in [2.05, 4.69) is 34.6 Å². The maximum Gasteiger partial charge on any atom is 0.303 e. The normalized spacial score (nSPS) is 53.8. The Bertz CT molecular complexity index is 1680. The van der Waals surface area contributed by atoms with Gasteiger partial charge in [0, 0.05) is 19.8 Å². The Hall–Kier alpha value is -1.54. The number of fused-ring (bicyclic) bond motifs is 2. The standard InChI is InChI=1S/C45H72O16/c1-21(47)56-26-19-55-38(34(31(26)51)57-22(2)48)60-28-11-13-45-20-44(45)15-14-41(7)35(43(9)12-10-29(61-43)40(5,6)54)23(49)17-42(41,8)27(44)16-24(36(45)39(28,3)4)58-37-33(53)32(52)30(50)25(18-46)59-37/h23-38,46,49-54H,10-20H2,1-9H3/t23-,24-,25-,26-,27?,28?,29+,30-,31+,32+,33-,34-,35+,36?,37-,38+,41-,42+,43-,44?,45-/m1/s1. The first-order chi connectivity index (χ1) is 28.3. The number of hydrogen-bond donors (Lipinski definition) is 7. The number of hydrogen-bond acceptors (Lipinski definition) is 16. The van der Waals surface area contributed by atoms with Crippen molar-refractivity contribution in [3.05, 3.63) is 0 Å². The predicted molar refractivity (Wildman–Crippen MR) is 213 cm³/mol. The van der Waals surface area contributed by atoms with Crippen molar-refractivity contribution in [1.82, 2.24) is 0 Å². The molecule has 4 unspecified atom stereocenters. The largest absolute Gasteiger partial charge is 0.457 e. The molecule has 0 aromatic carbocycles. The summed E-state index contributed by atoms with van der Waals surface area (Å²) in [5.41, 5.74) is -3.44. The molecule has 16 nitrogen and oxygen atoms in total. The lowest BCUT2D eigenvalue weighted by Crippen LogP contribution is -2.65. The van der Waals surface area contributed by atoms with Gasteiger partial charge in [0.15, 0.2) is 24.8 Å². The molecule has 16 heteroatoms. The van der Waals surface area contributed by atoms with Crippen molar-refractivity contribution in [2.45, 2.75) is 211 Å². The van der Waals surface area contributed by atoms with Crippen LogP contribution in [0.1, 0.15) is 120 Å². The summed E-state index contributed by atoms with van der Waals surface area (Å²) >= 11 is 0. The summed E-state index contributed by atoms with van der Waals surface area (Å²) in [5, 5.41) is 77.6. The average molecular weight is 869 g/mol. The number of carbonyl (C=O) groups is 2. The summed E-state index contributed by atoms with van der Waals surface area (Å²) in [6.45, 7) is 16.2. The van der Waals surface area contributed by atoms with E-state index < -0.39 is 109 Å². The van der Waals surface area contributed by atoms with Gasteiger partial charge in [-0.2, -0.15) is 0 Å². The molecule has 2 spiro atoms. The molecule has 8 fully saturated rings. The highest BCUT2D eigenvalue weighted by Crippen LogP contribution is 2.89. The number of aliphatic hydroxyl groups excluding tert-OH is 6. The van der Waals surface area contributed by atoms with Crippen molar-refractivity contribution >= 4 is 11.9 Å². The molecule has 3 heterocycles. The van der Waals surface area contributed by atoms with Crippen molar-refractivity contribution in [3.63, 3.8) is 0 Å². The second kappa shape index (κ2) is 15.3. The van der Waals surface area contributed by atoms with Crippen LogP contribution in [0.5, 0.6) is 0 Å². The van der Waals surface area contributed by atoms with Crippen molar-refractivity contribution in [3.8, 4) is 0 Å². The zero-order chi connectivity index (χ0) is 44.6. The van der Waals surface area contributed by atoms with E-state index >= 15 is 0 Å². The van der Waals surface area contributed by atoms with Crippen molar-refractivity contribution in [2.75, 3.05) is 13.2 Å². The van der Waals surface area contributed by atoms with Crippen LogP contribution in [0.25, 0.3) is 0 Å². The first-order valence-corrected chi connectivity index (χ1v) is 22.6. The Balaban J connectivity index is 1.14. The zero-order valence-corrected chi connectivity index (χ0v) is 37.3. The van der Waals surface area contributed by atoms with E-state index in [0.717, 1.165) is 32.1 Å². The molecule has 3 aliphatic heterocycles. The molecule has 8 rings (SSSR count). The maximum absolute atomic E-state index is 12.3. The van der Waals surface area contributed by atoms with E-state index in [1.807, 2.05) is 0 Å². The summed E-state index contributed by atoms with van der Waals surface area (Å²) < 4.78 is 43.4. The number of aliphatic hydroxyl groups is 7. The van der Waals surface area contributed by atoms with Crippen LogP contribution in [0.4, 0.5) is 0 Å². The van der Waals surface area contributed by atoms with Crippen LogP contribution >= 0.6 is 0 Å². The zero-order valence-electron chi connectivity index (χ0n) is 37.3. The Morgan fingerprint density at radius 2 is 1.44 bits per heavy atom. The molecule has 61 heavy (non-hydrogen) atoms. The third-order valence-corrected chi connectivity index (χ3v) is 18.2. The number of ether oxygens (including phenoxy) is 7. The third kappa shape index (κ3) is 6.89. The molecular formula is C45H72O16. The van der Waals surface area contributed by atoms with Crippen LogP contribution in [0.2, 0.25) is 0 Å². The fourth-order valence-electron chi connectivity index (χ4n) is 15.5.